The van der Waals surface area contributed by atoms with E-state index in [1.165, 1.54) is 7.11 Å². The predicted molar refractivity (Wildman–Crippen MR) is 45.6 cm³/mol. The molecule has 0 amide bonds. The van der Waals surface area contributed by atoms with E-state index in [-0.39, 0.29) is 5.92 Å². The molecule has 0 aromatic heterocycles. The van der Waals surface area contributed by atoms with E-state index < -0.39 is 7.37 Å². The maximum absolute atomic E-state index is 11.6. The molecule has 1 rings (SSSR count). The third kappa shape index (κ3) is 1.56. The van der Waals surface area contributed by atoms with Crippen LogP contribution in [0.25, 0.3) is 0 Å². The molecule has 0 saturated heterocycles. The zero-order valence-corrected chi connectivity index (χ0v) is 7.60. The number of hydrogen-bond donors (Lipinski definition) is 0. The Morgan fingerprint density at radius 3 is 2.82 bits per heavy atom. The fourth-order valence-corrected chi connectivity index (χ4v) is 3.23. The third-order valence-corrected chi connectivity index (χ3v) is 4.19. The van der Waals surface area contributed by atoms with E-state index >= 15 is 0 Å². The van der Waals surface area contributed by atoms with Gasteiger partial charge in [0.2, 0.25) is 7.37 Å². The van der Waals surface area contributed by atoms with Crippen molar-refractivity contribution in [1.29, 1.82) is 0 Å². The molecule has 0 aliphatic carbocycles. The zero-order chi connectivity index (χ0) is 8.48. The van der Waals surface area contributed by atoms with Crippen LogP contribution in [0.1, 0.15) is 6.92 Å². The predicted octanol–water partition coefficient (Wildman–Crippen LogP) is 2.08. The topological polar surface area (TPSA) is 26.3 Å². The summed E-state index contributed by atoms with van der Waals surface area (Å²) in [6.07, 6.45) is 5.71. The first-order valence-corrected chi connectivity index (χ1v) is 5.29. The normalized spacial score (nSPS) is 36.5. The monoisotopic (exact) mass is 170 g/mol. The van der Waals surface area contributed by atoms with Gasteiger partial charge in [0.25, 0.3) is 0 Å². The number of rotatable bonds is 1. The standard InChI is InChI=1S/C8H11O2P/c1-4-8-6-11(9,10-3)5-7(8)2/h1,5,8H,6H2,2-3H3. The zero-order valence-electron chi connectivity index (χ0n) is 6.70. The molecule has 0 aromatic rings. The minimum absolute atomic E-state index is 0.0146. The molecular formula is C8H11O2P. The quantitative estimate of drug-likeness (QED) is 0.445. The van der Waals surface area contributed by atoms with E-state index in [1.54, 1.807) is 5.82 Å². The summed E-state index contributed by atoms with van der Waals surface area (Å²) in [5.41, 5.74) is 0.998. The highest BCUT2D eigenvalue weighted by Gasteiger charge is 2.31. The Morgan fingerprint density at radius 2 is 2.55 bits per heavy atom. The fourth-order valence-electron chi connectivity index (χ4n) is 1.16. The molecule has 0 bridgehead atoms. The van der Waals surface area contributed by atoms with E-state index in [0.717, 1.165) is 5.57 Å². The molecule has 0 N–H and O–H groups in total. The van der Waals surface area contributed by atoms with Gasteiger partial charge >= 0.3 is 0 Å². The lowest BCUT2D eigenvalue weighted by atomic mass is 10.1. The van der Waals surface area contributed by atoms with Crippen molar-refractivity contribution in [2.75, 3.05) is 13.3 Å². The molecule has 0 spiro atoms. The van der Waals surface area contributed by atoms with Crippen LogP contribution in [0.2, 0.25) is 0 Å². The first-order valence-electron chi connectivity index (χ1n) is 3.41. The van der Waals surface area contributed by atoms with Crippen LogP contribution in [0, 0.1) is 18.3 Å². The summed E-state index contributed by atoms with van der Waals surface area (Å²) in [6, 6.07) is 0. The van der Waals surface area contributed by atoms with Gasteiger partial charge in [-0.1, -0.05) is 11.5 Å². The van der Waals surface area contributed by atoms with Crippen LogP contribution in [0.4, 0.5) is 0 Å². The molecule has 0 fully saturated rings. The molecule has 3 heteroatoms. The molecule has 0 aromatic carbocycles. The molecule has 1 aliphatic rings. The average Bonchev–Trinajstić information content (AvgIpc) is 2.27. The van der Waals surface area contributed by atoms with Crippen molar-refractivity contribution in [1.82, 2.24) is 0 Å². The van der Waals surface area contributed by atoms with E-state index in [4.69, 9.17) is 10.9 Å². The Balaban J connectivity index is 2.88. The SMILES string of the molecule is C#CC1CP(=O)(OC)C=C1C. The lowest BCUT2D eigenvalue weighted by molar-refractivity contribution is 0.402. The van der Waals surface area contributed by atoms with Gasteiger partial charge in [-0.2, -0.15) is 0 Å². The van der Waals surface area contributed by atoms with Gasteiger partial charge < -0.3 is 4.52 Å². The van der Waals surface area contributed by atoms with Gasteiger partial charge in [-0.3, -0.25) is 4.57 Å². The first kappa shape index (κ1) is 8.59. The largest absolute Gasteiger partial charge is 0.329 e. The van der Waals surface area contributed by atoms with Gasteiger partial charge in [-0.05, 0) is 6.92 Å². The first-order chi connectivity index (χ1) is 5.11. The van der Waals surface area contributed by atoms with Crippen molar-refractivity contribution in [3.8, 4) is 12.3 Å². The van der Waals surface area contributed by atoms with Crippen molar-refractivity contribution >= 4 is 7.37 Å². The van der Waals surface area contributed by atoms with Crippen LogP contribution in [0.3, 0.4) is 0 Å². The molecule has 2 nitrogen and oxygen atoms in total. The second-order valence-corrected chi connectivity index (χ2v) is 5.12. The van der Waals surface area contributed by atoms with Gasteiger partial charge in [0.05, 0.1) is 5.92 Å². The van der Waals surface area contributed by atoms with Crippen molar-refractivity contribution in [3.05, 3.63) is 11.4 Å². The highest BCUT2D eigenvalue weighted by molar-refractivity contribution is 7.62. The van der Waals surface area contributed by atoms with Crippen LogP contribution in [0.5, 0.6) is 0 Å². The molecule has 1 aliphatic heterocycles. The Bertz CT molecular complexity index is 272. The third-order valence-electron chi connectivity index (χ3n) is 1.90. The van der Waals surface area contributed by atoms with Crippen molar-refractivity contribution < 1.29 is 9.09 Å². The van der Waals surface area contributed by atoms with Crippen LogP contribution in [-0.4, -0.2) is 13.3 Å². The lowest BCUT2D eigenvalue weighted by Crippen LogP contribution is -1.97. The van der Waals surface area contributed by atoms with Crippen molar-refractivity contribution in [3.63, 3.8) is 0 Å². The lowest BCUT2D eigenvalue weighted by Gasteiger charge is -2.06. The van der Waals surface area contributed by atoms with Gasteiger partial charge in [0, 0.05) is 19.1 Å². The van der Waals surface area contributed by atoms with E-state index in [2.05, 4.69) is 5.92 Å². The molecule has 11 heavy (non-hydrogen) atoms. The second kappa shape index (κ2) is 2.85. The van der Waals surface area contributed by atoms with Crippen molar-refractivity contribution in [2.24, 2.45) is 5.92 Å². The van der Waals surface area contributed by atoms with Crippen molar-refractivity contribution in [2.45, 2.75) is 6.92 Å². The van der Waals surface area contributed by atoms with Gasteiger partial charge in [0.1, 0.15) is 0 Å². The highest BCUT2D eigenvalue weighted by atomic mass is 31.2. The summed E-state index contributed by atoms with van der Waals surface area (Å²) in [7, 11) is -1.02. The number of hydrogen-bond acceptors (Lipinski definition) is 2. The summed E-state index contributed by atoms with van der Waals surface area (Å²) in [4.78, 5) is 0. The molecule has 2 unspecified atom stereocenters. The van der Waals surface area contributed by atoms with Crippen LogP contribution >= 0.6 is 7.37 Å². The van der Waals surface area contributed by atoms with Crippen LogP contribution < -0.4 is 0 Å². The summed E-state index contributed by atoms with van der Waals surface area (Å²) in [5.74, 6) is 4.28. The number of allylic oxidation sites excluding steroid dienone is 1. The summed E-state index contributed by atoms with van der Waals surface area (Å²) < 4.78 is 16.5. The Kier molecular flexibility index (Phi) is 2.23. The summed E-state index contributed by atoms with van der Waals surface area (Å²) in [5, 5.41) is 0. The molecule has 1 heterocycles. The smallest absolute Gasteiger partial charge is 0.226 e. The van der Waals surface area contributed by atoms with Gasteiger partial charge in [0.15, 0.2) is 0 Å². The van der Waals surface area contributed by atoms with E-state index in [0.29, 0.717) is 6.16 Å². The molecule has 0 saturated carbocycles. The molecule has 60 valence electrons. The average molecular weight is 170 g/mol. The minimum Gasteiger partial charge on any atom is -0.329 e. The Hall–Kier alpha value is -0.510. The van der Waals surface area contributed by atoms with Gasteiger partial charge in [-0.15, -0.1) is 6.42 Å². The fraction of sp³-hybridized carbons (Fsp3) is 0.500. The molecular weight excluding hydrogens is 159 g/mol. The van der Waals surface area contributed by atoms with E-state index in [1.807, 2.05) is 6.92 Å². The van der Waals surface area contributed by atoms with Gasteiger partial charge in [-0.25, -0.2) is 0 Å². The summed E-state index contributed by atoms with van der Waals surface area (Å²) in [6.45, 7) is 1.89. The maximum Gasteiger partial charge on any atom is 0.226 e. The highest BCUT2D eigenvalue weighted by Crippen LogP contribution is 2.56. The Morgan fingerprint density at radius 1 is 1.91 bits per heavy atom. The van der Waals surface area contributed by atoms with Crippen LogP contribution in [0.15, 0.2) is 11.4 Å². The van der Waals surface area contributed by atoms with Crippen LogP contribution in [-0.2, 0) is 9.09 Å². The molecule has 2 atom stereocenters. The molecule has 0 radical (unpaired) electrons. The maximum atomic E-state index is 11.6. The Labute approximate surface area is 67.1 Å². The van der Waals surface area contributed by atoms with E-state index in [9.17, 15) is 4.57 Å². The second-order valence-electron chi connectivity index (χ2n) is 2.68. The summed E-state index contributed by atoms with van der Waals surface area (Å²) >= 11 is 0. The minimum atomic E-state index is -2.48. The number of terminal acetylenes is 1.